The molecule has 1 aromatic carbocycles. The first-order chi connectivity index (χ1) is 7.40. The summed E-state index contributed by atoms with van der Waals surface area (Å²) in [5, 5.41) is 13.8. The summed E-state index contributed by atoms with van der Waals surface area (Å²) >= 11 is 0. The monoisotopic (exact) mass is 204 g/mol. The molecule has 5 heteroatoms. The Morgan fingerprint density at radius 3 is 2.73 bits per heavy atom. The van der Waals surface area contributed by atoms with Crippen LogP contribution in [0, 0.1) is 0 Å². The normalized spacial score (nSPS) is 12.6. The van der Waals surface area contributed by atoms with Crippen molar-refractivity contribution in [2.45, 2.75) is 12.5 Å². The van der Waals surface area contributed by atoms with Crippen molar-refractivity contribution in [3.63, 3.8) is 0 Å². The molecule has 0 saturated carbocycles. The third-order valence-corrected chi connectivity index (χ3v) is 2.20. The summed E-state index contributed by atoms with van der Waals surface area (Å²) in [6.45, 7) is 0. The molecule has 0 aliphatic carbocycles. The highest BCUT2D eigenvalue weighted by Gasteiger charge is 2.15. The first-order valence-corrected chi connectivity index (χ1v) is 4.70. The Balaban J connectivity index is 2.10. The highest BCUT2D eigenvalue weighted by atomic mass is 16.5. The van der Waals surface area contributed by atoms with Crippen molar-refractivity contribution >= 4 is 0 Å². The summed E-state index contributed by atoms with van der Waals surface area (Å²) in [6.07, 6.45) is 0.600. The van der Waals surface area contributed by atoms with Crippen LogP contribution in [-0.2, 0) is 11.2 Å². The third kappa shape index (κ3) is 2.38. The van der Waals surface area contributed by atoms with Crippen LogP contribution in [0.15, 0.2) is 30.3 Å². The second-order valence-corrected chi connectivity index (χ2v) is 3.18. The lowest BCUT2D eigenvalue weighted by Gasteiger charge is -2.10. The number of ether oxygens (including phenoxy) is 1. The van der Waals surface area contributed by atoms with Gasteiger partial charge in [0.15, 0.2) is 0 Å². The maximum Gasteiger partial charge on any atom is 0.203 e. The fourth-order valence-electron chi connectivity index (χ4n) is 1.41. The molecule has 1 aromatic heterocycles. The number of methoxy groups -OCH3 is 1. The number of aromatic amines is 1. The number of nitrogens with zero attached hydrogens (tertiary/aromatic N) is 3. The van der Waals surface area contributed by atoms with Gasteiger partial charge in [-0.25, -0.2) is 0 Å². The summed E-state index contributed by atoms with van der Waals surface area (Å²) in [6, 6.07) is 10.1. The third-order valence-electron chi connectivity index (χ3n) is 2.20. The standard InChI is InChI=1S/C10H12N4O/c1-15-9(10-11-13-14-12-10)7-8-5-3-2-4-6-8/h2-6,9H,7H2,1H3,(H,11,12,13,14). The molecular formula is C10H12N4O. The van der Waals surface area contributed by atoms with Gasteiger partial charge in [0.05, 0.1) is 0 Å². The molecule has 2 rings (SSSR count). The zero-order valence-electron chi connectivity index (χ0n) is 8.42. The Morgan fingerprint density at radius 2 is 2.13 bits per heavy atom. The van der Waals surface area contributed by atoms with E-state index in [9.17, 15) is 0 Å². The zero-order chi connectivity index (χ0) is 10.5. The molecule has 15 heavy (non-hydrogen) atoms. The van der Waals surface area contributed by atoms with Crippen LogP contribution in [0.3, 0.4) is 0 Å². The predicted octanol–water partition coefficient (Wildman–Crippen LogP) is 1.13. The van der Waals surface area contributed by atoms with Crippen LogP contribution < -0.4 is 0 Å². The number of nitrogens with one attached hydrogen (secondary N) is 1. The van der Waals surface area contributed by atoms with Crippen molar-refractivity contribution in [3.05, 3.63) is 41.7 Å². The number of hydrogen-bond acceptors (Lipinski definition) is 4. The molecule has 0 aliphatic rings. The first-order valence-electron chi connectivity index (χ1n) is 4.70. The topological polar surface area (TPSA) is 63.7 Å². The highest BCUT2D eigenvalue weighted by Crippen LogP contribution is 2.16. The average Bonchev–Trinajstić information content (AvgIpc) is 2.81. The average molecular weight is 204 g/mol. The summed E-state index contributed by atoms with van der Waals surface area (Å²) in [5.41, 5.74) is 1.19. The van der Waals surface area contributed by atoms with Gasteiger partial charge in [-0.1, -0.05) is 35.5 Å². The quantitative estimate of drug-likeness (QED) is 0.810. The summed E-state index contributed by atoms with van der Waals surface area (Å²) in [4.78, 5) is 0. The van der Waals surface area contributed by atoms with Crippen LogP contribution in [0.25, 0.3) is 0 Å². The van der Waals surface area contributed by atoms with E-state index < -0.39 is 0 Å². The van der Waals surface area contributed by atoms with E-state index in [0.717, 1.165) is 6.42 Å². The maximum absolute atomic E-state index is 5.31. The molecule has 1 unspecified atom stereocenters. The summed E-state index contributed by atoms with van der Waals surface area (Å²) in [7, 11) is 1.64. The van der Waals surface area contributed by atoms with Gasteiger partial charge < -0.3 is 4.74 Å². The van der Waals surface area contributed by atoms with E-state index in [4.69, 9.17) is 4.74 Å². The van der Waals surface area contributed by atoms with E-state index in [1.54, 1.807) is 7.11 Å². The van der Waals surface area contributed by atoms with Crippen LogP contribution in [0.4, 0.5) is 0 Å². The van der Waals surface area contributed by atoms with E-state index in [2.05, 4.69) is 20.6 Å². The van der Waals surface area contributed by atoms with Crippen molar-refractivity contribution in [2.24, 2.45) is 0 Å². The molecule has 0 bridgehead atoms. The molecule has 1 N–H and O–H groups in total. The fraction of sp³-hybridized carbons (Fsp3) is 0.300. The molecule has 5 nitrogen and oxygen atoms in total. The Morgan fingerprint density at radius 1 is 1.33 bits per heavy atom. The van der Waals surface area contributed by atoms with Gasteiger partial charge >= 0.3 is 0 Å². The lowest BCUT2D eigenvalue weighted by atomic mass is 10.1. The number of benzene rings is 1. The molecule has 0 saturated heterocycles. The van der Waals surface area contributed by atoms with Gasteiger partial charge in [-0.3, -0.25) is 0 Å². The van der Waals surface area contributed by atoms with Gasteiger partial charge in [-0.2, -0.15) is 5.21 Å². The van der Waals surface area contributed by atoms with Crippen LogP contribution in [0.5, 0.6) is 0 Å². The van der Waals surface area contributed by atoms with E-state index >= 15 is 0 Å². The molecule has 78 valence electrons. The van der Waals surface area contributed by atoms with Crippen LogP contribution in [0.2, 0.25) is 0 Å². The molecule has 1 heterocycles. The molecule has 1 atom stereocenters. The second-order valence-electron chi connectivity index (χ2n) is 3.18. The van der Waals surface area contributed by atoms with Crippen molar-refractivity contribution in [1.29, 1.82) is 0 Å². The Kier molecular flexibility index (Phi) is 3.04. The van der Waals surface area contributed by atoms with Crippen molar-refractivity contribution in [1.82, 2.24) is 20.6 Å². The lowest BCUT2D eigenvalue weighted by Crippen LogP contribution is -2.07. The van der Waals surface area contributed by atoms with E-state index in [-0.39, 0.29) is 6.10 Å². The molecule has 0 fully saturated rings. The largest absolute Gasteiger partial charge is 0.373 e. The predicted molar refractivity (Wildman–Crippen MR) is 54.1 cm³/mol. The minimum absolute atomic E-state index is 0.147. The number of aromatic nitrogens is 4. The number of hydrogen-bond donors (Lipinski definition) is 1. The van der Waals surface area contributed by atoms with Gasteiger partial charge in [0.2, 0.25) is 5.82 Å². The van der Waals surface area contributed by atoms with Gasteiger partial charge in [0, 0.05) is 13.5 Å². The van der Waals surface area contributed by atoms with Crippen LogP contribution in [-0.4, -0.2) is 27.7 Å². The maximum atomic E-state index is 5.31. The van der Waals surface area contributed by atoms with Crippen LogP contribution >= 0.6 is 0 Å². The Labute approximate surface area is 87.5 Å². The first kappa shape index (κ1) is 9.79. The smallest absolute Gasteiger partial charge is 0.203 e. The molecule has 0 spiro atoms. The van der Waals surface area contributed by atoms with Crippen LogP contribution in [0.1, 0.15) is 17.5 Å². The minimum Gasteiger partial charge on any atom is -0.373 e. The lowest BCUT2D eigenvalue weighted by molar-refractivity contribution is 0.0961. The highest BCUT2D eigenvalue weighted by molar-refractivity contribution is 5.16. The molecule has 0 radical (unpaired) electrons. The van der Waals surface area contributed by atoms with E-state index in [1.807, 2.05) is 30.3 Å². The van der Waals surface area contributed by atoms with E-state index in [1.165, 1.54) is 5.56 Å². The van der Waals surface area contributed by atoms with E-state index in [0.29, 0.717) is 5.82 Å². The number of rotatable bonds is 4. The number of H-pyrrole nitrogens is 1. The fourth-order valence-corrected chi connectivity index (χ4v) is 1.41. The van der Waals surface area contributed by atoms with Crippen molar-refractivity contribution < 1.29 is 4.74 Å². The van der Waals surface area contributed by atoms with Gasteiger partial charge in [-0.15, -0.1) is 10.2 Å². The van der Waals surface area contributed by atoms with Crippen molar-refractivity contribution in [2.75, 3.05) is 7.11 Å². The summed E-state index contributed by atoms with van der Waals surface area (Å²) in [5.74, 6) is 0.585. The van der Waals surface area contributed by atoms with Crippen molar-refractivity contribution in [3.8, 4) is 0 Å². The molecule has 0 amide bonds. The second kappa shape index (κ2) is 4.65. The van der Waals surface area contributed by atoms with Gasteiger partial charge in [0.1, 0.15) is 6.10 Å². The zero-order valence-corrected chi connectivity index (χ0v) is 8.42. The SMILES string of the molecule is COC(Cc1ccccc1)c1nn[nH]n1. The molecule has 2 aromatic rings. The molecule has 0 aliphatic heterocycles. The number of tetrazole rings is 1. The van der Waals surface area contributed by atoms with Gasteiger partial charge in [-0.05, 0) is 5.56 Å². The minimum atomic E-state index is -0.147. The van der Waals surface area contributed by atoms with Gasteiger partial charge in [0.25, 0.3) is 0 Å². The Bertz CT molecular complexity index is 387. The Hall–Kier alpha value is -1.75. The molecular weight excluding hydrogens is 192 g/mol. The summed E-state index contributed by atoms with van der Waals surface area (Å²) < 4.78 is 5.31.